The first-order chi connectivity index (χ1) is 17.8. The molecular formula is C27H27FN4O4S. The first kappa shape index (κ1) is 26.2. The molecule has 0 fully saturated rings. The lowest BCUT2D eigenvalue weighted by Crippen LogP contribution is -2.11. The van der Waals surface area contributed by atoms with E-state index in [4.69, 9.17) is 9.47 Å². The van der Waals surface area contributed by atoms with Gasteiger partial charge in [-0.25, -0.2) is 4.39 Å². The van der Waals surface area contributed by atoms with Gasteiger partial charge < -0.3 is 9.47 Å². The van der Waals surface area contributed by atoms with Gasteiger partial charge in [0.1, 0.15) is 23.5 Å². The van der Waals surface area contributed by atoms with E-state index in [9.17, 15) is 14.5 Å². The summed E-state index contributed by atoms with van der Waals surface area (Å²) < 4.78 is 27.1. The molecule has 3 aromatic carbocycles. The summed E-state index contributed by atoms with van der Waals surface area (Å²) in [5.74, 6) is 1.28. The van der Waals surface area contributed by atoms with Crippen LogP contribution in [0, 0.1) is 29.8 Å². The molecule has 0 bridgehead atoms. The van der Waals surface area contributed by atoms with Crippen LogP contribution < -0.4 is 9.47 Å². The predicted octanol–water partition coefficient (Wildman–Crippen LogP) is 6.11. The van der Waals surface area contributed by atoms with E-state index in [-0.39, 0.29) is 23.9 Å². The maximum Gasteiger partial charge on any atom is 0.220 e. The Balaban J connectivity index is 1.62. The maximum absolute atomic E-state index is 13.5. The van der Waals surface area contributed by atoms with Crippen molar-refractivity contribution >= 4 is 11.8 Å². The zero-order valence-electron chi connectivity index (χ0n) is 20.8. The number of aryl methyl sites for hydroxylation is 2. The molecule has 0 unspecified atom stereocenters. The van der Waals surface area contributed by atoms with Gasteiger partial charge >= 0.3 is 0 Å². The Bertz CT molecular complexity index is 1380. The maximum atomic E-state index is 13.5. The highest BCUT2D eigenvalue weighted by Gasteiger charge is 2.25. The molecular weight excluding hydrogens is 495 g/mol. The Labute approximate surface area is 218 Å². The molecule has 0 amide bonds. The summed E-state index contributed by atoms with van der Waals surface area (Å²) in [6.45, 7) is 5.92. The third-order valence-corrected chi connectivity index (χ3v) is 6.75. The van der Waals surface area contributed by atoms with E-state index >= 15 is 0 Å². The number of aromatic nitrogens is 3. The number of thioether (sulfide) groups is 1. The highest BCUT2D eigenvalue weighted by molar-refractivity contribution is 7.99. The topological polar surface area (TPSA) is 92.3 Å². The van der Waals surface area contributed by atoms with Gasteiger partial charge in [-0.1, -0.05) is 47.7 Å². The van der Waals surface area contributed by atoms with Crippen molar-refractivity contribution in [2.24, 2.45) is 0 Å². The second kappa shape index (κ2) is 11.9. The van der Waals surface area contributed by atoms with Gasteiger partial charge in [0.05, 0.1) is 6.61 Å². The number of nitrogens with zero attached hydrogens (tertiary/aromatic N) is 4. The van der Waals surface area contributed by atoms with Crippen LogP contribution in [0.2, 0.25) is 0 Å². The van der Waals surface area contributed by atoms with Crippen molar-refractivity contribution in [3.05, 3.63) is 105 Å². The molecule has 4 aromatic rings. The lowest BCUT2D eigenvalue weighted by molar-refractivity contribution is -0.479. The van der Waals surface area contributed by atoms with Gasteiger partial charge in [-0.2, -0.15) is 0 Å². The van der Waals surface area contributed by atoms with E-state index in [1.807, 2.05) is 49.6 Å². The molecule has 0 radical (unpaired) electrons. The molecule has 1 aromatic heterocycles. The lowest BCUT2D eigenvalue weighted by atomic mass is 10.1. The molecule has 1 heterocycles. The molecule has 0 aliphatic carbocycles. The number of halogens is 1. The zero-order chi connectivity index (χ0) is 26.4. The quantitative estimate of drug-likeness (QED) is 0.133. The minimum absolute atomic E-state index is 0.156. The average Bonchev–Trinajstić information content (AvgIpc) is 3.23. The van der Waals surface area contributed by atoms with Crippen LogP contribution in [0.3, 0.4) is 0 Å². The Morgan fingerprint density at radius 2 is 1.81 bits per heavy atom. The molecule has 0 spiro atoms. The van der Waals surface area contributed by atoms with Gasteiger partial charge in [-0.15, -0.1) is 10.2 Å². The minimum atomic E-state index is -0.556. The van der Waals surface area contributed by atoms with E-state index in [0.717, 1.165) is 11.3 Å². The second-order valence-corrected chi connectivity index (χ2v) is 9.55. The Morgan fingerprint density at radius 1 is 1.03 bits per heavy atom. The van der Waals surface area contributed by atoms with Gasteiger partial charge in [-0.05, 0) is 68.3 Å². The molecule has 0 saturated carbocycles. The standard InChI is InChI=1S/C27H27FN4O4S/c1-4-35-25-15-21(10-13-24(25)36-17-20-6-5-7-22(28)14-20)26(16-31(33)34)37-27-30-29-19(3)32(27)23-11-8-18(2)9-12-23/h5-15,26H,4,16-17H2,1-3H3/t26-/m0/s1. The van der Waals surface area contributed by atoms with E-state index in [2.05, 4.69) is 10.2 Å². The van der Waals surface area contributed by atoms with Gasteiger partial charge in [0, 0.05) is 10.6 Å². The predicted molar refractivity (Wildman–Crippen MR) is 140 cm³/mol. The summed E-state index contributed by atoms with van der Waals surface area (Å²) in [4.78, 5) is 11.3. The molecule has 0 N–H and O–H groups in total. The van der Waals surface area contributed by atoms with Crippen molar-refractivity contribution in [3.63, 3.8) is 0 Å². The fraction of sp³-hybridized carbons (Fsp3) is 0.259. The van der Waals surface area contributed by atoms with Crippen molar-refractivity contribution in [1.82, 2.24) is 14.8 Å². The second-order valence-electron chi connectivity index (χ2n) is 8.38. The van der Waals surface area contributed by atoms with E-state index in [1.165, 1.54) is 23.9 Å². The zero-order valence-corrected chi connectivity index (χ0v) is 21.6. The average molecular weight is 523 g/mol. The summed E-state index contributed by atoms with van der Waals surface area (Å²) in [6.07, 6.45) is 0. The van der Waals surface area contributed by atoms with Crippen LogP contribution in [0.15, 0.2) is 71.9 Å². The van der Waals surface area contributed by atoms with Crippen molar-refractivity contribution in [1.29, 1.82) is 0 Å². The van der Waals surface area contributed by atoms with Crippen molar-refractivity contribution < 1.29 is 18.8 Å². The SMILES string of the molecule is CCOc1cc([C@H](C[N+](=O)[O-])Sc2nnc(C)n2-c2ccc(C)cc2)ccc1OCc1cccc(F)c1. The normalized spacial score (nSPS) is 11.8. The molecule has 0 saturated heterocycles. The highest BCUT2D eigenvalue weighted by Crippen LogP contribution is 2.39. The number of ether oxygens (including phenoxy) is 2. The summed E-state index contributed by atoms with van der Waals surface area (Å²) in [6, 6.07) is 19.4. The molecule has 0 aliphatic heterocycles. The first-order valence-electron chi connectivity index (χ1n) is 11.8. The summed E-state index contributed by atoms with van der Waals surface area (Å²) in [5, 5.41) is 20.1. The molecule has 0 aliphatic rings. The lowest BCUT2D eigenvalue weighted by Gasteiger charge is -2.17. The highest BCUT2D eigenvalue weighted by atomic mass is 32.2. The summed E-state index contributed by atoms with van der Waals surface area (Å²) in [7, 11) is 0. The van der Waals surface area contributed by atoms with Crippen LogP contribution >= 0.6 is 11.8 Å². The molecule has 8 nitrogen and oxygen atoms in total. The third kappa shape index (κ3) is 6.65. The van der Waals surface area contributed by atoms with Crippen LogP contribution in [0.1, 0.15) is 34.7 Å². The smallest absolute Gasteiger partial charge is 0.220 e. The summed E-state index contributed by atoms with van der Waals surface area (Å²) in [5.41, 5.74) is 3.38. The van der Waals surface area contributed by atoms with Crippen molar-refractivity contribution in [2.75, 3.05) is 13.2 Å². The van der Waals surface area contributed by atoms with Gasteiger partial charge in [0.25, 0.3) is 0 Å². The number of benzene rings is 3. The van der Waals surface area contributed by atoms with Crippen LogP contribution in [-0.4, -0.2) is 32.8 Å². The van der Waals surface area contributed by atoms with Gasteiger partial charge in [0.15, 0.2) is 16.7 Å². The molecule has 10 heteroatoms. The van der Waals surface area contributed by atoms with Crippen LogP contribution in [0.4, 0.5) is 4.39 Å². The fourth-order valence-corrected chi connectivity index (χ4v) is 4.95. The number of nitro groups is 1. The van der Waals surface area contributed by atoms with Crippen LogP contribution in [0.25, 0.3) is 5.69 Å². The number of rotatable bonds is 11. The van der Waals surface area contributed by atoms with E-state index in [1.54, 1.807) is 30.3 Å². The van der Waals surface area contributed by atoms with Crippen molar-refractivity contribution in [2.45, 2.75) is 37.8 Å². The van der Waals surface area contributed by atoms with E-state index in [0.29, 0.717) is 40.2 Å². The Morgan fingerprint density at radius 3 is 2.51 bits per heavy atom. The minimum Gasteiger partial charge on any atom is -0.490 e. The van der Waals surface area contributed by atoms with Crippen LogP contribution in [0.5, 0.6) is 11.5 Å². The molecule has 192 valence electrons. The number of hydrogen-bond acceptors (Lipinski definition) is 7. The molecule has 4 rings (SSSR count). The Hall–Kier alpha value is -3.92. The van der Waals surface area contributed by atoms with Gasteiger partial charge in [0.2, 0.25) is 6.54 Å². The first-order valence-corrected chi connectivity index (χ1v) is 12.6. The fourth-order valence-electron chi connectivity index (χ4n) is 3.78. The monoisotopic (exact) mass is 522 g/mol. The largest absolute Gasteiger partial charge is 0.490 e. The van der Waals surface area contributed by atoms with Gasteiger partial charge in [-0.3, -0.25) is 14.7 Å². The third-order valence-electron chi connectivity index (χ3n) is 5.57. The molecule has 37 heavy (non-hydrogen) atoms. The summed E-state index contributed by atoms with van der Waals surface area (Å²) >= 11 is 1.27. The Kier molecular flexibility index (Phi) is 8.39. The van der Waals surface area contributed by atoms with Crippen LogP contribution in [-0.2, 0) is 6.61 Å². The van der Waals surface area contributed by atoms with E-state index < -0.39 is 5.25 Å². The molecule has 1 atom stereocenters. The number of hydrogen-bond donors (Lipinski definition) is 0. The van der Waals surface area contributed by atoms with Crippen molar-refractivity contribution in [3.8, 4) is 17.2 Å².